The third kappa shape index (κ3) is 6.03. The molecule has 0 aromatic rings. The van der Waals surface area contributed by atoms with Crippen LogP contribution in [0.25, 0.3) is 0 Å². The smallest absolute Gasteiger partial charge is 0.309 e. The van der Waals surface area contributed by atoms with E-state index in [4.69, 9.17) is 9.47 Å². The lowest BCUT2D eigenvalue weighted by molar-refractivity contribution is -0.251. The highest BCUT2D eigenvalue weighted by atomic mass is 16.5. The van der Waals surface area contributed by atoms with Crippen molar-refractivity contribution < 1.29 is 33.8 Å². The molecule has 9 heteroatoms. The molecule has 8 fully saturated rings. The zero-order valence-electron chi connectivity index (χ0n) is 37.2. The number of rotatable bonds is 8. The minimum absolute atomic E-state index is 0.0174. The quantitative estimate of drug-likeness (QED) is 0.236. The van der Waals surface area contributed by atoms with Crippen molar-refractivity contribution in [3.8, 4) is 0 Å². The topological polar surface area (TPSA) is 122 Å². The number of aliphatic carboxylic acids is 1. The van der Waals surface area contributed by atoms with Gasteiger partial charge in [0.25, 0.3) is 0 Å². The minimum atomic E-state index is -1.15. The van der Waals surface area contributed by atoms with E-state index in [9.17, 15) is 19.5 Å². The zero-order chi connectivity index (χ0) is 41.4. The Labute approximate surface area is 343 Å². The maximum Gasteiger partial charge on any atom is 0.309 e. The van der Waals surface area contributed by atoms with Gasteiger partial charge in [-0.3, -0.25) is 19.2 Å². The van der Waals surface area contributed by atoms with E-state index in [2.05, 4.69) is 60.7 Å². The summed E-state index contributed by atoms with van der Waals surface area (Å²) in [4.78, 5) is 55.7. The molecule has 8 rings (SSSR count). The van der Waals surface area contributed by atoms with Crippen LogP contribution in [0.4, 0.5) is 0 Å². The van der Waals surface area contributed by atoms with Crippen LogP contribution in [0, 0.1) is 78.8 Å². The number of carbonyl (C=O) groups is 4. The lowest BCUT2D eigenvalue weighted by atomic mass is 9.32. The van der Waals surface area contributed by atoms with Crippen LogP contribution in [0.3, 0.4) is 0 Å². The number of hydrogen-bond acceptors (Lipinski definition) is 6. The molecule has 1 aliphatic heterocycles. The first-order valence-corrected chi connectivity index (χ1v) is 23.1. The van der Waals surface area contributed by atoms with Gasteiger partial charge in [0.1, 0.15) is 6.10 Å². The predicted molar refractivity (Wildman–Crippen MR) is 219 cm³/mol. The second-order valence-electron chi connectivity index (χ2n) is 23.9. The van der Waals surface area contributed by atoms with Gasteiger partial charge in [-0.05, 0) is 154 Å². The lowest BCUT2D eigenvalue weighted by Crippen LogP contribution is -2.69. The number of hydrogen-bond donors (Lipinski definition) is 2. The van der Waals surface area contributed by atoms with Crippen molar-refractivity contribution >= 4 is 23.8 Å². The first-order valence-electron chi connectivity index (χ1n) is 23.1. The molecule has 1 saturated heterocycles. The summed E-state index contributed by atoms with van der Waals surface area (Å²) < 4.78 is 11.7. The summed E-state index contributed by atoms with van der Waals surface area (Å²) in [5.41, 5.74) is -1.24. The Morgan fingerprint density at radius 2 is 1.44 bits per heavy atom. The summed E-state index contributed by atoms with van der Waals surface area (Å²) in [7, 11) is 0. The molecule has 9 nitrogen and oxygen atoms in total. The van der Waals surface area contributed by atoms with Gasteiger partial charge in [0, 0.05) is 30.5 Å². The van der Waals surface area contributed by atoms with Crippen molar-refractivity contribution in [2.45, 2.75) is 171 Å². The van der Waals surface area contributed by atoms with Crippen LogP contribution in [-0.2, 0) is 28.7 Å². The van der Waals surface area contributed by atoms with Crippen molar-refractivity contribution in [1.29, 1.82) is 0 Å². The minimum Gasteiger partial charge on any atom is -0.481 e. The Morgan fingerprint density at radius 3 is 2.07 bits per heavy atom. The molecular weight excluding hydrogens is 717 g/mol. The van der Waals surface area contributed by atoms with Crippen LogP contribution in [0.15, 0.2) is 0 Å². The van der Waals surface area contributed by atoms with Gasteiger partial charge in [-0.2, -0.15) is 0 Å². The normalized spacial score (nSPS) is 45.2. The van der Waals surface area contributed by atoms with Crippen molar-refractivity contribution in [3.05, 3.63) is 0 Å². The Hall–Kier alpha value is -2.16. The Kier molecular flexibility index (Phi) is 9.79. The van der Waals surface area contributed by atoms with Crippen LogP contribution in [0.2, 0.25) is 0 Å². The number of fused-ring (bicyclic) bond motifs is 7. The third-order valence-electron chi connectivity index (χ3n) is 20.4. The standard InChI is InChI=1S/C48H76N2O7/c1-41(2,40(54)55)28-36(51)57-35-15-16-45(8)32(43(35,5)6)14-17-47(10)33(45)12-11-30-37-29(44(7)19-20-44)13-18-48(37,22-21-46(30,47)9)39(53)49-34-27-31(42(34,3)4)38(52)50-23-25-56-26-24-50/h29-35,37H,11-28H2,1-10H3,(H,49,53)(H,54,55)/t29-,30-,31-,32+,33-,34-,35+,37-,45+,46-,47-,48+/m1/s1. The van der Waals surface area contributed by atoms with Crippen LogP contribution < -0.4 is 5.32 Å². The summed E-state index contributed by atoms with van der Waals surface area (Å²) in [6.45, 7) is 25.1. The molecule has 8 aliphatic rings. The van der Waals surface area contributed by atoms with Crippen molar-refractivity contribution in [3.63, 3.8) is 0 Å². The fourth-order valence-corrected chi connectivity index (χ4v) is 16.1. The van der Waals surface area contributed by atoms with Crippen LogP contribution in [0.1, 0.15) is 159 Å². The Morgan fingerprint density at radius 1 is 0.754 bits per heavy atom. The summed E-state index contributed by atoms with van der Waals surface area (Å²) in [5.74, 6) is 1.53. The number of morpholine rings is 1. The number of ether oxygens (including phenoxy) is 2. The fourth-order valence-electron chi connectivity index (χ4n) is 16.1. The molecule has 0 spiro atoms. The van der Waals surface area contributed by atoms with Gasteiger partial charge >= 0.3 is 11.9 Å². The van der Waals surface area contributed by atoms with E-state index in [-0.39, 0.29) is 62.9 Å². The fraction of sp³-hybridized carbons (Fsp3) is 0.917. The molecule has 7 aliphatic carbocycles. The summed E-state index contributed by atoms with van der Waals surface area (Å²) in [6.07, 6.45) is 13.6. The molecule has 2 N–H and O–H groups in total. The maximum absolute atomic E-state index is 15.1. The molecule has 0 bridgehead atoms. The van der Waals surface area contributed by atoms with E-state index in [1.807, 2.05) is 4.90 Å². The molecule has 320 valence electrons. The van der Waals surface area contributed by atoms with Gasteiger partial charge < -0.3 is 24.8 Å². The first kappa shape index (κ1) is 41.6. The molecular formula is C48H76N2O7. The molecule has 0 aromatic heterocycles. The van der Waals surface area contributed by atoms with Crippen LogP contribution in [-0.4, -0.2) is 72.2 Å². The van der Waals surface area contributed by atoms with Crippen LogP contribution in [0.5, 0.6) is 0 Å². The monoisotopic (exact) mass is 793 g/mol. The number of amides is 2. The van der Waals surface area contributed by atoms with E-state index in [0.717, 1.165) is 57.8 Å². The first-order chi connectivity index (χ1) is 26.5. The Bertz CT molecular complexity index is 1660. The molecule has 2 amide bonds. The third-order valence-corrected chi connectivity index (χ3v) is 20.4. The number of nitrogens with one attached hydrogen (secondary N) is 1. The van der Waals surface area contributed by atoms with E-state index in [1.165, 1.54) is 25.7 Å². The summed E-state index contributed by atoms with van der Waals surface area (Å²) >= 11 is 0. The van der Waals surface area contributed by atoms with Crippen LogP contribution >= 0.6 is 0 Å². The molecule has 0 unspecified atom stereocenters. The van der Waals surface area contributed by atoms with Gasteiger partial charge in [-0.15, -0.1) is 0 Å². The average Bonchev–Trinajstić information content (AvgIpc) is 3.75. The number of carbonyl (C=O) groups excluding carboxylic acids is 3. The highest BCUT2D eigenvalue weighted by Crippen LogP contribution is 2.79. The molecule has 57 heavy (non-hydrogen) atoms. The zero-order valence-corrected chi connectivity index (χ0v) is 37.2. The highest BCUT2D eigenvalue weighted by Gasteiger charge is 2.74. The number of carboxylic acid groups (broad SMARTS) is 1. The van der Waals surface area contributed by atoms with Crippen molar-refractivity contribution in [1.82, 2.24) is 10.2 Å². The van der Waals surface area contributed by atoms with Gasteiger partial charge in [0.15, 0.2) is 0 Å². The lowest BCUT2D eigenvalue weighted by Gasteiger charge is -2.73. The van der Waals surface area contributed by atoms with Crippen molar-refractivity contribution in [2.75, 3.05) is 26.3 Å². The second-order valence-corrected chi connectivity index (χ2v) is 23.9. The number of nitrogens with zero attached hydrogens (tertiary/aromatic N) is 1. The largest absolute Gasteiger partial charge is 0.481 e. The summed E-state index contributed by atoms with van der Waals surface area (Å²) in [6, 6.07) is 0.0174. The number of carboxylic acids is 1. The second kappa shape index (κ2) is 13.4. The molecule has 0 aromatic carbocycles. The Balaban J connectivity index is 1.02. The number of esters is 1. The van der Waals surface area contributed by atoms with Crippen molar-refractivity contribution in [2.24, 2.45) is 78.8 Å². The maximum atomic E-state index is 15.1. The van der Waals surface area contributed by atoms with Gasteiger partial charge in [0.05, 0.1) is 30.5 Å². The summed E-state index contributed by atoms with van der Waals surface area (Å²) in [5, 5.41) is 13.3. The molecule has 7 saturated carbocycles. The predicted octanol–water partition coefficient (Wildman–Crippen LogP) is 8.67. The SMILES string of the molecule is CC(C)(CC(=O)O[C@H]1CC[C@]2(C)[C@H]3CC[C@@H]4[C@H]5[C@H](C6(C)CC6)CC[C@]5(C(=O)N[C@@H]5C[C@H](C(=O)N6CCOCC6)C5(C)C)CC[C@@]4(C)[C@]3(C)CC[C@H]2C1(C)C)C(=O)O. The van der Waals surface area contributed by atoms with E-state index < -0.39 is 17.4 Å². The average molecular weight is 793 g/mol. The molecule has 1 heterocycles. The molecule has 0 radical (unpaired) electrons. The van der Waals surface area contributed by atoms with Gasteiger partial charge in [-0.1, -0.05) is 55.4 Å². The van der Waals surface area contributed by atoms with E-state index >= 15 is 4.79 Å². The van der Waals surface area contributed by atoms with Gasteiger partial charge in [0.2, 0.25) is 11.8 Å². The van der Waals surface area contributed by atoms with Gasteiger partial charge in [-0.25, -0.2) is 0 Å². The van der Waals surface area contributed by atoms with E-state index in [0.29, 0.717) is 67.2 Å². The highest BCUT2D eigenvalue weighted by molar-refractivity contribution is 5.86. The molecule has 12 atom stereocenters. The van der Waals surface area contributed by atoms with E-state index in [1.54, 1.807) is 13.8 Å².